The van der Waals surface area contributed by atoms with Gasteiger partial charge in [0.25, 0.3) is 5.22 Å². The number of allylic oxidation sites excluding steroid dienone is 2. The van der Waals surface area contributed by atoms with Crippen molar-refractivity contribution in [3.05, 3.63) is 72.8 Å². The van der Waals surface area contributed by atoms with Crippen molar-refractivity contribution in [1.29, 1.82) is 0 Å². The average Bonchev–Trinajstić information content (AvgIpc) is 3.45. The first kappa shape index (κ1) is 20.7. The van der Waals surface area contributed by atoms with Gasteiger partial charge in [0.05, 0.1) is 5.25 Å². The minimum atomic E-state index is -0.205. The van der Waals surface area contributed by atoms with Crippen LogP contribution < -0.4 is 0 Å². The monoisotopic (exact) mass is 417 g/mol. The number of nitrogens with zero attached hydrogens (tertiary/aromatic N) is 1. The second-order valence-electron chi connectivity index (χ2n) is 7.79. The molecule has 1 saturated carbocycles. The smallest absolute Gasteiger partial charge is 0.257 e. The third-order valence-corrected chi connectivity index (χ3v) is 6.54. The normalized spacial score (nSPS) is 15.6. The van der Waals surface area contributed by atoms with Crippen LogP contribution in [0.4, 0.5) is 0 Å². The van der Waals surface area contributed by atoms with E-state index in [1.54, 1.807) is 0 Å². The van der Waals surface area contributed by atoms with E-state index in [9.17, 15) is 4.79 Å². The highest BCUT2D eigenvalue weighted by Crippen LogP contribution is 2.37. The first-order valence-electron chi connectivity index (χ1n) is 10.7. The fourth-order valence-corrected chi connectivity index (χ4v) is 4.64. The van der Waals surface area contributed by atoms with Crippen LogP contribution in [0.1, 0.15) is 39.0 Å². The van der Waals surface area contributed by atoms with Crippen molar-refractivity contribution in [1.82, 2.24) is 4.98 Å². The van der Waals surface area contributed by atoms with Crippen LogP contribution in [0.3, 0.4) is 0 Å². The highest BCUT2D eigenvalue weighted by atomic mass is 32.2. The lowest BCUT2D eigenvalue weighted by Crippen LogP contribution is -2.11. The SMILES string of the molecule is CC(Sc1nc(-c2ccccc2)c(-c2ccccc2)o1)C(=O)C/C=C/C1CCCC1. The van der Waals surface area contributed by atoms with Gasteiger partial charge in [0.15, 0.2) is 5.76 Å². The van der Waals surface area contributed by atoms with E-state index in [4.69, 9.17) is 9.40 Å². The molecule has 1 atom stereocenters. The molecule has 1 unspecified atom stereocenters. The van der Waals surface area contributed by atoms with Crippen LogP contribution in [0.5, 0.6) is 0 Å². The molecule has 1 aromatic heterocycles. The van der Waals surface area contributed by atoms with Crippen molar-refractivity contribution in [2.45, 2.75) is 49.5 Å². The molecule has 0 saturated heterocycles. The molecular weight excluding hydrogens is 390 g/mol. The number of hydrogen-bond donors (Lipinski definition) is 0. The minimum absolute atomic E-state index is 0.204. The van der Waals surface area contributed by atoms with E-state index < -0.39 is 0 Å². The summed E-state index contributed by atoms with van der Waals surface area (Å²) < 4.78 is 6.14. The Bertz CT molecular complexity index is 931. The molecule has 0 bridgehead atoms. The van der Waals surface area contributed by atoms with Gasteiger partial charge in [-0.3, -0.25) is 4.79 Å². The van der Waals surface area contributed by atoms with Crippen LogP contribution in [-0.4, -0.2) is 16.0 Å². The first-order chi connectivity index (χ1) is 14.7. The molecule has 3 nitrogen and oxygen atoms in total. The fraction of sp³-hybridized carbons (Fsp3) is 0.308. The van der Waals surface area contributed by atoms with Crippen LogP contribution in [-0.2, 0) is 4.79 Å². The first-order valence-corrected chi connectivity index (χ1v) is 11.6. The zero-order valence-electron chi connectivity index (χ0n) is 17.3. The van der Waals surface area contributed by atoms with Crippen molar-refractivity contribution in [2.75, 3.05) is 0 Å². The minimum Gasteiger partial charge on any atom is -0.431 e. The quantitative estimate of drug-likeness (QED) is 0.287. The van der Waals surface area contributed by atoms with Crippen molar-refractivity contribution in [3.8, 4) is 22.6 Å². The number of benzene rings is 2. The topological polar surface area (TPSA) is 43.1 Å². The maximum Gasteiger partial charge on any atom is 0.257 e. The molecule has 4 rings (SSSR count). The molecule has 1 aliphatic rings. The summed E-state index contributed by atoms with van der Waals surface area (Å²) in [4.78, 5) is 17.4. The molecule has 1 heterocycles. The van der Waals surface area contributed by atoms with Crippen LogP contribution in [0.2, 0.25) is 0 Å². The Kier molecular flexibility index (Phi) is 6.85. The summed E-state index contributed by atoms with van der Waals surface area (Å²) >= 11 is 1.40. The van der Waals surface area contributed by atoms with Gasteiger partial charge in [0, 0.05) is 17.5 Å². The van der Waals surface area contributed by atoms with Crippen LogP contribution in [0.25, 0.3) is 22.6 Å². The van der Waals surface area contributed by atoms with Gasteiger partial charge >= 0.3 is 0 Å². The van der Waals surface area contributed by atoms with Gasteiger partial charge in [-0.25, -0.2) is 4.98 Å². The molecule has 1 aliphatic carbocycles. The zero-order chi connectivity index (χ0) is 20.8. The molecule has 4 heteroatoms. The van der Waals surface area contributed by atoms with E-state index in [2.05, 4.69) is 12.2 Å². The second-order valence-corrected chi connectivity index (χ2v) is 9.08. The number of Topliss-reactive ketones (excluding diaryl/α,β-unsaturated/α-hetero) is 1. The molecule has 0 aliphatic heterocycles. The van der Waals surface area contributed by atoms with Crippen molar-refractivity contribution < 1.29 is 9.21 Å². The maximum atomic E-state index is 12.6. The fourth-order valence-electron chi connectivity index (χ4n) is 3.84. The maximum absolute atomic E-state index is 12.6. The lowest BCUT2D eigenvalue weighted by molar-refractivity contribution is -0.117. The lowest BCUT2D eigenvalue weighted by Gasteiger charge is -2.06. The van der Waals surface area contributed by atoms with E-state index in [0.29, 0.717) is 17.6 Å². The molecule has 3 aromatic rings. The second kappa shape index (κ2) is 9.94. The summed E-state index contributed by atoms with van der Waals surface area (Å²) in [5.41, 5.74) is 2.80. The molecule has 0 amide bonds. The Balaban J connectivity index is 1.50. The third kappa shape index (κ3) is 5.11. The predicted molar refractivity (Wildman–Crippen MR) is 123 cm³/mol. The zero-order valence-corrected chi connectivity index (χ0v) is 18.1. The van der Waals surface area contributed by atoms with Crippen LogP contribution in [0, 0.1) is 5.92 Å². The summed E-state index contributed by atoms with van der Waals surface area (Å²) in [6.45, 7) is 1.94. The molecular formula is C26H27NO2S. The molecule has 0 N–H and O–H groups in total. The van der Waals surface area contributed by atoms with Crippen molar-refractivity contribution >= 4 is 17.5 Å². The molecule has 0 spiro atoms. The third-order valence-electron chi connectivity index (χ3n) is 5.55. The Morgan fingerprint density at radius 2 is 1.70 bits per heavy atom. The van der Waals surface area contributed by atoms with Gasteiger partial charge in [-0.15, -0.1) is 0 Å². The Hall–Kier alpha value is -2.59. The van der Waals surface area contributed by atoms with Gasteiger partial charge in [0.1, 0.15) is 11.5 Å². The number of carbonyl (C=O) groups excluding carboxylic acids is 1. The molecule has 154 valence electrons. The van der Waals surface area contributed by atoms with Gasteiger partial charge in [-0.2, -0.15) is 0 Å². The highest BCUT2D eigenvalue weighted by Gasteiger charge is 2.21. The lowest BCUT2D eigenvalue weighted by atomic mass is 10.1. The Labute approximate surface area is 182 Å². The van der Waals surface area contributed by atoms with E-state index >= 15 is 0 Å². The standard InChI is InChI=1S/C26H27NO2S/c1-19(23(28)18-10-13-20-11-8-9-12-20)30-26-27-24(21-14-4-2-5-15-21)25(29-26)22-16-6-3-7-17-22/h2-7,10,13-17,19-20H,8-9,11-12,18H2,1H3/b13-10+. The van der Waals surface area contributed by atoms with E-state index in [-0.39, 0.29) is 11.0 Å². The van der Waals surface area contributed by atoms with Gasteiger partial charge in [-0.1, -0.05) is 97.4 Å². The number of carbonyl (C=O) groups is 1. The summed E-state index contributed by atoms with van der Waals surface area (Å²) in [6.07, 6.45) is 9.90. The Morgan fingerprint density at radius 3 is 2.37 bits per heavy atom. The molecule has 2 aromatic carbocycles. The average molecular weight is 418 g/mol. The molecule has 1 fully saturated rings. The van der Waals surface area contributed by atoms with Gasteiger partial charge < -0.3 is 4.42 Å². The number of rotatable bonds is 8. The van der Waals surface area contributed by atoms with E-state index in [1.807, 2.05) is 67.6 Å². The van der Waals surface area contributed by atoms with Crippen LogP contribution >= 0.6 is 11.8 Å². The van der Waals surface area contributed by atoms with E-state index in [1.165, 1.54) is 37.4 Å². The van der Waals surface area contributed by atoms with Gasteiger partial charge in [0.2, 0.25) is 0 Å². The largest absolute Gasteiger partial charge is 0.431 e. The van der Waals surface area contributed by atoms with E-state index in [0.717, 1.165) is 22.6 Å². The van der Waals surface area contributed by atoms with Crippen LogP contribution in [0.15, 0.2) is 82.5 Å². The molecule has 30 heavy (non-hydrogen) atoms. The summed E-state index contributed by atoms with van der Waals surface area (Å²) in [6, 6.07) is 20.0. The number of oxazole rings is 1. The van der Waals surface area contributed by atoms with Crippen molar-refractivity contribution in [2.24, 2.45) is 5.92 Å². The number of aromatic nitrogens is 1. The number of ketones is 1. The highest BCUT2D eigenvalue weighted by molar-refractivity contribution is 8.00. The predicted octanol–water partition coefficient (Wildman–Crippen LogP) is 7.19. The van der Waals surface area contributed by atoms with Crippen molar-refractivity contribution in [3.63, 3.8) is 0 Å². The summed E-state index contributed by atoms with van der Waals surface area (Å²) in [5.74, 6) is 1.61. The summed E-state index contributed by atoms with van der Waals surface area (Å²) in [7, 11) is 0. The summed E-state index contributed by atoms with van der Waals surface area (Å²) in [5, 5.41) is 0.331. The van der Waals surface area contributed by atoms with Gasteiger partial charge in [-0.05, 0) is 25.7 Å². The number of hydrogen-bond acceptors (Lipinski definition) is 4. The Morgan fingerprint density at radius 1 is 1.07 bits per heavy atom. The number of thioether (sulfide) groups is 1. The molecule has 0 radical (unpaired) electrons.